The predicted octanol–water partition coefficient (Wildman–Crippen LogP) is 3.12. The fourth-order valence-electron chi connectivity index (χ4n) is 2.80. The van der Waals surface area contributed by atoms with Gasteiger partial charge < -0.3 is 15.2 Å². The molecule has 5 heteroatoms. The molecule has 1 aromatic heterocycles. The quantitative estimate of drug-likeness (QED) is 0.891. The smallest absolute Gasteiger partial charge is 0.346 e. The molecule has 2 N–H and O–H groups in total. The highest BCUT2D eigenvalue weighted by Gasteiger charge is 2.18. The molecule has 1 aliphatic rings. The van der Waals surface area contributed by atoms with Crippen molar-refractivity contribution in [2.24, 2.45) is 5.92 Å². The molecule has 0 radical (unpaired) electrons. The van der Waals surface area contributed by atoms with E-state index in [-0.39, 0.29) is 0 Å². The van der Waals surface area contributed by atoms with Crippen molar-refractivity contribution in [2.45, 2.75) is 19.4 Å². The fourth-order valence-corrected chi connectivity index (χ4v) is 3.86. The van der Waals surface area contributed by atoms with Gasteiger partial charge in [0.2, 0.25) is 0 Å². The van der Waals surface area contributed by atoms with Crippen LogP contribution in [0.15, 0.2) is 24.3 Å². The molecule has 0 unspecified atom stereocenters. The summed E-state index contributed by atoms with van der Waals surface area (Å²) in [6, 6.07) is 7.89. The van der Waals surface area contributed by atoms with Gasteiger partial charge in [0.15, 0.2) is 0 Å². The molecule has 3 rings (SSSR count). The van der Waals surface area contributed by atoms with Crippen molar-refractivity contribution in [1.82, 2.24) is 5.32 Å². The van der Waals surface area contributed by atoms with Gasteiger partial charge in [-0.25, -0.2) is 4.79 Å². The minimum absolute atomic E-state index is 0.454. The zero-order valence-corrected chi connectivity index (χ0v) is 12.6. The molecule has 0 bridgehead atoms. The van der Waals surface area contributed by atoms with E-state index in [1.807, 2.05) is 24.3 Å². The maximum absolute atomic E-state index is 11.4. The van der Waals surface area contributed by atoms with E-state index in [1.54, 1.807) is 0 Å². The average Bonchev–Trinajstić information content (AvgIpc) is 2.88. The van der Waals surface area contributed by atoms with Crippen molar-refractivity contribution in [3.05, 3.63) is 34.7 Å². The van der Waals surface area contributed by atoms with Crippen LogP contribution < -0.4 is 5.32 Å². The van der Waals surface area contributed by atoms with E-state index in [0.717, 1.165) is 48.2 Å². The van der Waals surface area contributed by atoms with Gasteiger partial charge in [-0.2, -0.15) is 0 Å². The van der Waals surface area contributed by atoms with E-state index in [1.165, 1.54) is 11.3 Å². The van der Waals surface area contributed by atoms with Crippen LogP contribution in [0.1, 0.15) is 28.1 Å². The minimum Gasteiger partial charge on any atom is -0.477 e. The number of fused-ring (bicyclic) bond motifs is 1. The summed E-state index contributed by atoms with van der Waals surface area (Å²) in [5, 5.41) is 13.9. The summed E-state index contributed by atoms with van der Waals surface area (Å²) >= 11 is 1.36. The highest BCUT2D eigenvalue weighted by molar-refractivity contribution is 7.21. The van der Waals surface area contributed by atoms with Crippen molar-refractivity contribution in [2.75, 3.05) is 19.8 Å². The second-order valence-electron chi connectivity index (χ2n) is 5.40. The molecular weight excluding hydrogens is 286 g/mol. The van der Waals surface area contributed by atoms with Crippen LogP contribution in [0.2, 0.25) is 0 Å². The first-order valence-electron chi connectivity index (χ1n) is 7.28. The molecule has 0 amide bonds. The van der Waals surface area contributed by atoms with Crippen LogP contribution in [0.3, 0.4) is 0 Å². The number of aromatic carboxylic acids is 1. The van der Waals surface area contributed by atoms with Crippen LogP contribution in [-0.2, 0) is 11.3 Å². The number of carboxylic acids is 1. The van der Waals surface area contributed by atoms with E-state index in [2.05, 4.69) is 5.32 Å². The molecule has 0 saturated carbocycles. The Morgan fingerprint density at radius 3 is 2.86 bits per heavy atom. The molecular formula is C16H19NO3S. The monoisotopic (exact) mass is 305 g/mol. The zero-order chi connectivity index (χ0) is 14.7. The van der Waals surface area contributed by atoms with Gasteiger partial charge in [0.05, 0.1) is 0 Å². The average molecular weight is 305 g/mol. The lowest BCUT2D eigenvalue weighted by atomic mass is 10.0. The Hall–Kier alpha value is -1.43. The summed E-state index contributed by atoms with van der Waals surface area (Å²) in [6.07, 6.45) is 2.17. The van der Waals surface area contributed by atoms with Crippen molar-refractivity contribution >= 4 is 27.4 Å². The summed E-state index contributed by atoms with van der Waals surface area (Å²) in [7, 11) is 0. The molecule has 21 heavy (non-hydrogen) atoms. The number of rotatable bonds is 5. The second kappa shape index (κ2) is 6.56. The highest BCUT2D eigenvalue weighted by Crippen LogP contribution is 2.31. The molecule has 0 aliphatic carbocycles. The Morgan fingerprint density at radius 2 is 2.10 bits per heavy atom. The Bertz CT molecular complexity index is 631. The number of hydrogen-bond acceptors (Lipinski definition) is 4. The molecule has 1 aromatic carbocycles. The number of ether oxygens (including phenoxy) is 1. The lowest BCUT2D eigenvalue weighted by Crippen LogP contribution is -2.27. The summed E-state index contributed by atoms with van der Waals surface area (Å²) < 4.78 is 6.40. The van der Waals surface area contributed by atoms with Crippen LogP contribution in [0.4, 0.5) is 0 Å². The zero-order valence-electron chi connectivity index (χ0n) is 11.8. The number of benzene rings is 1. The van der Waals surface area contributed by atoms with E-state index >= 15 is 0 Å². The van der Waals surface area contributed by atoms with Gasteiger partial charge in [-0.05, 0) is 42.3 Å². The molecule has 0 atom stereocenters. The van der Waals surface area contributed by atoms with Gasteiger partial charge in [-0.15, -0.1) is 11.3 Å². The third-order valence-electron chi connectivity index (χ3n) is 3.97. The topological polar surface area (TPSA) is 58.6 Å². The van der Waals surface area contributed by atoms with E-state index in [9.17, 15) is 9.90 Å². The highest BCUT2D eigenvalue weighted by atomic mass is 32.1. The van der Waals surface area contributed by atoms with Crippen molar-refractivity contribution in [3.63, 3.8) is 0 Å². The van der Waals surface area contributed by atoms with Gasteiger partial charge in [-0.3, -0.25) is 0 Å². The number of nitrogens with one attached hydrogen (secondary N) is 1. The van der Waals surface area contributed by atoms with E-state index in [4.69, 9.17) is 4.74 Å². The molecule has 2 heterocycles. The van der Waals surface area contributed by atoms with Crippen molar-refractivity contribution in [3.8, 4) is 0 Å². The maximum atomic E-state index is 11.4. The molecule has 4 nitrogen and oxygen atoms in total. The summed E-state index contributed by atoms with van der Waals surface area (Å²) in [5.41, 5.74) is 0.912. The van der Waals surface area contributed by atoms with Gasteiger partial charge in [0, 0.05) is 24.5 Å². The standard InChI is InChI=1S/C16H19NO3S/c18-16(19)15-13(12-3-1-2-4-14(12)21-15)10-17-9-11-5-7-20-8-6-11/h1-4,11,17H,5-10H2,(H,18,19). The molecule has 1 aliphatic heterocycles. The lowest BCUT2D eigenvalue weighted by molar-refractivity contribution is 0.0662. The van der Waals surface area contributed by atoms with Gasteiger partial charge in [0.1, 0.15) is 4.88 Å². The third kappa shape index (κ3) is 3.26. The lowest BCUT2D eigenvalue weighted by Gasteiger charge is -2.22. The Morgan fingerprint density at radius 1 is 1.33 bits per heavy atom. The van der Waals surface area contributed by atoms with Gasteiger partial charge >= 0.3 is 5.97 Å². The van der Waals surface area contributed by atoms with Gasteiger partial charge in [-0.1, -0.05) is 18.2 Å². The van der Waals surface area contributed by atoms with Crippen molar-refractivity contribution in [1.29, 1.82) is 0 Å². The molecule has 2 aromatic rings. The van der Waals surface area contributed by atoms with Crippen molar-refractivity contribution < 1.29 is 14.6 Å². The van der Waals surface area contributed by atoms with Gasteiger partial charge in [0.25, 0.3) is 0 Å². The first kappa shape index (κ1) is 14.5. The Labute approximate surface area is 127 Å². The predicted molar refractivity (Wildman–Crippen MR) is 84.0 cm³/mol. The van der Waals surface area contributed by atoms with Crippen LogP contribution in [0.5, 0.6) is 0 Å². The van der Waals surface area contributed by atoms with Crippen LogP contribution in [0.25, 0.3) is 10.1 Å². The minimum atomic E-state index is -0.834. The molecule has 112 valence electrons. The van der Waals surface area contributed by atoms with E-state index < -0.39 is 5.97 Å². The first-order chi connectivity index (χ1) is 10.3. The van der Waals surface area contributed by atoms with Crippen LogP contribution in [0, 0.1) is 5.92 Å². The summed E-state index contributed by atoms with van der Waals surface area (Å²) in [4.78, 5) is 11.9. The number of thiophene rings is 1. The van der Waals surface area contributed by atoms with Crippen LogP contribution in [-0.4, -0.2) is 30.8 Å². The Balaban J connectivity index is 1.72. The number of carboxylic acid groups (broad SMARTS) is 1. The first-order valence-corrected chi connectivity index (χ1v) is 8.09. The summed E-state index contributed by atoms with van der Waals surface area (Å²) in [5.74, 6) is -0.198. The van der Waals surface area contributed by atoms with Crippen LogP contribution >= 0.6 is 11.3 Å². The van der Waals surface area contributed by atoms with E-state index in [0.29, 0.717) is 17.3 Å². The largest absolute Gasteiger partial charge is 0.477 e. The Kier molecular flexibility index (Phi) is 4.53. The number of carbonyl (C=O) groups is 1. The molecule has 0 spiro atoms. The maximum Gasteiger partial charge on any atom is 0.346 e. The molecule has 1 saturated heterocycles. The third-order valence-corrected chi connectivity index (χ3v) is 5.17. The fraction of sp³-hybridized carbons (Fsp3) is 0.438. The second-order valence-corrected chi connectivity index (χ2v) is 6.45. The summed E-state index contributed by atoms with van der Waals surface area (Å²) in [6.45, 7) is 3.22. The SMILES string of the molecule is O=C(O)c1sc2ccccc2c1CNCC1CCOCC1. The normalized spacial score (nSPS) is 16.4. The number of hydrogen-bond donors (Lipinski definition) is 2. The molecule has 1 fully saturated rings.